The van der Waals surface area contributed by atoms with Gasteiger partial charge in [-0.1, -0.05) is 55.3 Å². The highest BCUT2D eigenvalue weighted by molar-refractivity contribution is 5.84. The standard InChI is InChI=1S/C28H34N6O2/c1-28(2,35)17-30-27-32-25(24-26(33-27)34(18-31-24)21-8-4-5-9-21)29-16-19-12-14-20(15-13-19)22-10-6-7-11-23(22)36-3/h6-7,10-15,18,21,35H,4-5,8-9,16-17H2,1-3H3,(H2,29,30,32,33). The molecule has 1 saturated carbocycles. The fraction of sp³-hybridized carbons (Fsp3) is 0.393. The first-order valence-corrected chi connectivity index (χ1v) is 12.6. The summed E-state index contributed by atoms with van der Waals surface area (Å²) in [5.74, 6) is 2.03. The quantitative estimate of drug-likeness (QED) is 0.291. The summed E-state index contributed by atoms with van der Waals surface area (Å²) in [6.45, 7) is 4.46. The minimum absolute atomic E-state index is 0.347. The van der Waals surface area contributed by atoms with Gasteiger partial charge in [0, 0.05) is 24.7 Å². The molecule has 0 bridgehead atoms. The van der Waals surface area contributed by atoms with Gasteiger partial charge in [-0.15, -0.1) is 0 Å². The van der Waals surface area contributed by atoms with E-state index in [0.717, 1.165) is 46.4 Å². The fourth-order valence-corrected chi connectivity index (χ4v) is 4.73. The summed E-state index contributed by atoms with van der Waals surface area (Å²) in [5, 5.41) is 16.8. The van der Waals surface area contributed by atoms with E-state index >= 15 is 0 Å². The van der Waals surface area contributed by atoms with Crippen molar-refractivity contribution in [3.63, 3.8) is 0 Å². The van der Waals surface area contributed by atoms with Crippen molar-refractivity contribution in [2.45, 2.75) is 57.7 Å². The van der Waals surface area contributed by atoms with Crippen molar-refractivity contribution >= 4 is 22.9 Å². The van der Waals surface area contributed by atoms with E-state index in [1.54, 1.807) is 21.0 Å². The lowest BCUT2D eigenvalue weighted by atomic mass is 10.0. The van der Waals surface area contributed by atoms with Crippen molar-refractivity contribution in [1.29, 1.82) is 0 Å². The van der Waals surface area contributed by atoms with Crippen LogP contribution in [0.4, 0.5) is 11.8 Å². The number of methoxy groups -OCH3 is 1. The van der Waals surface area contributed by atoms with Crippen LogP contribution in [0.15, 0.2) is 54.9 Å². The molecule has 8 nitrogen and oxygen atoms in total. The number of imidazole rings is 1. The Kier molecular flexibility index (Phi) is 6.78. The molecule has 0 amide bonds. The van der Waals surface area contributed by atoms with Gasteiger partial charge in [0.05, 0.1) is 19.0 Å². The van der Waals surface area contributed by atoms with Gasteiger partial charge in [0.25, 0.3) is 0 Å². The average molecular weight is 487 g/mol. The highest BCUT2D eigenvalue weighted by atomic mass is 16.5. The van der Waals surface area contributed by atoms with Crippen LogP contribution in [0.3, 0.4) is 0 Å². The van der Waals surface area contributed by atoms with E-state index < -0.39 is 5.60 Å². The molecule has 0 unspecified atom stereocenters. The van der Waals surface area contributed by atoms with E-state index in [-0.39, 0.29) is 0 Å². The highest BCUT2D eigenvalue weighted by Crippen LogP contribution is 2.33. The maximum atomic E-state index is 10.2. The van der Waals surface area contributed by atoms with E-state index in [4.69, 9.17) is 14.7 Å². The molecule has 188 valence electrons. The first-order valence-electron chi connectivity index (χ1n) is 12.6. The lowest BCUT2D eigenvalue weighted by molar-refractivity contribution is 0.0943. The van der Waals surface area contributed by atoms with Crippen molar-refractivity contribution in [3.8, 4) is 16.9 Å². The number of nitrogens with one attached hydrogen (secondary N) is 2. The lowest BCUT2D eigenvalue weighted by Crippen LogP contribution is -2.30. The van der Waals surface area contributed by atoms with Gasteiger partial charge in [-0.2, -0.15) is 9.97 Å². The second-order valence-electron chi connectivity index (χ2n) is 10.1. The summed E-state index contributed by atoms with van der Waals surface area (Å²) in [4.78, 5) is 14.2. The number of benzene rings is 2. The molecule has 0 aliphatic heterocycles. The summed E-state index contributed by atoms with van der Waals surface area (Å²) in [7, 11) is 1.69. The van der Waals surface area contributed by atoms with Gasteiger partial charge < -0.3 is 25.0 Å². The summed E-state index contributed by atoms with van der Waals surface area (Å²) < 4.78 is 7.70. The fourth-order valence-electron chi connectivity index (χ4n) is 4.73. The Balaban J connectivity index is 1.39. The topological polar surface area (TPSA) is 97.1 Å². The summed E-state index contributed by atoms with van der Waals surface area (Å²) >= 11 is 0. The van der Waals surface area contributed by atoms with Crippen molar-refractivity contribution in [1.82, 2.24) is 19.5 Å². The van der Waals surface area contributed by atoms with Crippen LogP contribution in [-0.2, 0) is 6.54 Å². The van der Waals surface area contributed by atoms with Crippen LogP contribution in [-0.4, -0.2) is 43.9 Å². The third-order valence-corrected chi connectivity index (χ3v) is 6.65. The molecular weight excluding hydrogens is 452 g/mol. The van der Waals surface area contributed by atoms with Gasteiger partial charge in [-0.25, -0.2) is 4.98 Å². The number of rotatable bonds is 9. The Hall–Kier alpha value is -3.65. The first kappa shape index (κ1) is 24.1. The van der Waals surface area contributed by atoms with E-state index in [1.807, 2.05) is 24.5 Å². The Morgan fingerprint density at radius 3 is 2.50 bits per heavy atom. The average Bonchev–Trinajstić information content (AvgIpc) is 3.56. The molecular formula is C28H34N6O2. The molecule has 5 rings (SSSR count). The second-order valence-corrected chi connectivity index (χ2v) is 10.1. The number of anilines is 2. The van der Waals surface area contributed by atoms with Crippen LogP contribution in [0, 0.1) is 0 Å². The Labute approximate surface area is 211 Å². The van der Waals surface area contributed by atoms with Gasteiger partial charge in [0.15, 0.2) is 17.0 Å². The zero-order valence-electron chi connectivity index (χ0n) is 21.2. The van der Waals surface area contributed by atoms with Crippen molar-refractivity contribution in [2.24, 2.45) is 0 Å². The number of ether oxygens (including phenoxy) is 1. The molecule has 1 aliphatic rings. The van der Waals surface area contributed by atoms with Crippen molar-refractivity contribution in [2.75, 3.05) is 24.3 Å². The number of hydrogen-bond acceptors (Lipinski definition) is 7. The van der Waals surface area contributed by atoms with Gasteiger partial charge in [0.1, 0.15) is 5.75 Å². The van der Waals surface area contributed by atoms with Crippen LogP contribution < -0.4 is 15.4 Å². The Morgan fingerprint density at radius 1 is 1.03 bits per heavy atom. The number of nitrogens with zero attached hydrogens (tertiary/aromatic N) is 4. The SMILES string of the molecule is COc1ccccc1-c1ccc(CNc2nc(NCC(C)(C)O)nc3c2ncn3C2CCCC2)cc1. The van der Waals surface area contributed by atoms with Crippen LogP contribution in [0.25, 0.3) is 22.3 Å². The van der Waals surface area contributed by atoms with Gasteiger partial charge in [-0.05, 0) is 43.9 Å². The normalized spacial score (nSPS) is 14.3. The van der Waals surface area contributed by atoms with E-state index in [9.17, 15) is 5.11 Å². The van der Waals surface area contributed by atoms with Crippen LogP contribution in [0.1, 0.15) is 51.1 Å². The molecule has 0 spiro atoms. The van der Waals surface area contributed by atoms with E-state index in [0.29, 0.717) is 30.9 Å². The predicted molar refractivity (Wildman–Crippen MR) is 143 cm³/mol. The zero-order valence-corrected chi connectivity index (χ0v) is 21.2. The molecule has 4 aromatic rings. The molecule has 0 radical (unpaired) electrons. The molecule has 2 heterocycles. The third kappa shape index (κ3) is 5.28. The largest absolute Gasteiger partial charge is 0.496 e. The molecule has 8 heteroatoms. The molecule has 0 atom stereocenters. The third-order valence-electron chi connectivity index (χ3n) is 6.65. The summed E-state index contributed by atoms with van der Waals surface area (Å²) in [6.07, 6.45) is 6.64. The number of fused-ring (bicyclic) bond motifs is 1. The molecule has 3 N–H and O–H groups in total. The monoisotopic (exact) mass is 486 g/mol. The molecule has 1 fully saturated rings. The Morgan fingerprint density at radius 2 is 1.78 bits per heavy atom. The first-order chi connectivity index (χ1) is 17.4. The summed E-state index contributed by atoms with van der Waals surface area (Å²) in [5.41, 5.74) is 4.01. The minimum atomic E-state index is -0.874. The highest BCUT2D eigenvalue weighted by Gasteiger charge is 2.22. The van der Waals surface area contributed by atoms with Gasteiger partial charge in [-0.3, -0.25) is 0 Å². The molecule has 1 aliphatic carbocycles. The van der Waals surface area contributed by atoms with E-state index in [1.165, 1.54) is 12.8 Å². The molecule has 2 aromatic carbocycles. The number of hydrogen-bond donors (Lipinski definition) is 3. The van der Waals surface area contributed by atoms with Gasteiger partial charge >= 0.3 is 0 Å². The maximum Gasteiger partial charge on any atom is 0.226 e. The molecule has 0 saturated heterocycles. The van der Waals surface area contributed by atoms with Crippen molar-refractivity contribution < 1.29 is 9.84 Å². The zero-order chi connectivity index (χ0) is 25.1. The summed E-state index contributed by atoms with van der Waals surface area (Å²) in [6, 6.07) is 16.9. The molecule has 36 heavy (non-hydrogen) atoms. The smallest absolute Gasteiger partial charge is 0.226 e. The van der Waals surface area contributed by atoms with E-state index in [2.05, 4.69) is 50.5 Å². The van der Waals surface area contributed by atoms with Crippen LogP contribution in [0.5, 0.6) is 5.75 Å². The predicted octanol–water partition coefficient (Wildman–Crippen LogP) is 5.41. The van der Waals surface area contributed by atoms with Crippen molar-refractivity contribution in [3.05, 3.63) is 60.4 Å². The minimum Gasteiger partial charge on any atom is -0.496 e. The number of aliphatic hydroxyl groups is 1. The Bertz CT molecular complexity index is 1320. The van der Waals surface area contributed by atoms with Crippen LogP contribution in [0.2, 0.25) is 0 Å². The maximum absolute atomic E-state index is 10.2. The van der Waals surface area contributed by atoms with Crippen LogP contribution >= 0.6 is 0 Å². The lowest BCUT2D eigenvalue weighted by Gasteiger charge is -2.18. The number of aromatic nitrogens is 4. The number of para-hydroxylation sites is 1. The molecule has 2 aromatic heterocycles. The van der Waals surface area contributed by atoms with Gasteiger partial charge in [0.2, 0.25) is 5.95 Å². The second kappa shape index (κ2) is 10.1.